The number of rotatable bonds is 4. The van der Waals surface area contributed by atoms with Crippen LogP contribution in [0.5, 0.6) is 5.75 Å². The van der Waals surface area contributed by atoms with Gasteiger partial charge in [0, 0.05) is 30.3 Å². The van der Waals surface area contributed by atoms with E-state index in [-0.39, 0.29) is 18.0 Å². The van der Waals surface area contributed by atoms with E-state index >= 15 is 0 Å². The Hall–Kier alpha value is -3.44. The molecule has 1 atom stereocenters. The minimum Gasteiger partial charge on any atom is -0.497 e. The predicted molar refractivity (Wildman–Crippen MR) is 131 cm³/mol. The number of halogens is 1. The maximum Gasteiger partial charge on any atom is 0.321 e. The molecule has 1 saturated heterocycles. The number of hydrogen-bond acceptors (Lipinski definition) is 4. The number of aliphatic imine (C=N–C) groups is 1. The van der Waals surface area contributed by atoms with Gasteiger partial charge in [0.25, 0.3) is 0 Å². The summed E-state index contributed by atoms with van der Waals surface area (Å²) in [4.78, 5) is 21.5. The number of nitrogens with zero attached hydrogens (tertiary/aromatic N) is 4. The molecule has 0 radical (unpaired) electrons. The zero-order valence-corrected chi connectivity index (χ0v) is 20.1. The van der Waals surface area contributed by atoms with E-state index in [1.165, 1.54) is 0 Å². The van der Waals surface area contributed by atoms with Crippen LogP contribution in [0.1, 0.15) is 19.4 Å². The number of nitriles is 1. The predicted octanol–water partition coefficient (Wildman–Crippen LogP) is 4.59. The smallest absolute Gasteiger partial charge is 0.321 e. The minimum atomic E-state index is -0.166. The largest absolute Gasteiger partial charge is 0.497 e. The lowest BCUT2D eigenvalue weighted by atomic mass is 10.00. The maximum atomic E-state index is 12.9. The Morgan fingerprint density at radius 2 is 1.97 bits per heavy atom. The van der Waals surface area contributed by atoms with Crippen LogP contribution in [0.3, 0.4) is 0 Å². The normalized spacial score (nSPS) is 16.4. The Kier molecular flexibility index (Phi) is 8.01. The average Bonchev–Trinajstić information content (AvgIpc) is 2.80. The molecule has 0 bridgehead atoms. The summed E-state index contributed by atoms with van der Waals surface area (Å²) in [5.41, 5.74) is 2.38. The van der Waals surface area contributed by atoms with Gasteiger partial charge >= 0.3 is 6.03 Å². The van der Waals surface area contributed by atoms with Crippen molar-refractivity contribution in [1.29, 1.82) is 5.26 Å². The summed E-state index contributed by atoms with van der Waals surface area (Å²) in [5.74, 6) is 1.45. The molecule has 8 nitrogen and oxygen atoms in total. The van der Waals surface area contributed by atoms with Gasteiger partial charge < -0.3 is 19.9 Å². The molecule has 0 aromatic heterocycles. The Bertz CT molecular complexity index is 1050. The van der Waals surface area contributed by atoms with Gasteiger partial charge in [0.1, 0.15) is 5.75 Å². The van der Waals surface area contributed by atoms with E-state index in [1.54, 1.807) is 36.3 Å². The molecule has 2 aromatic rings. The molecule has 1 fully saturated rings. The van der Waals surface area contributed by atoms with E-state index in [2.05, 4.69) is 29.4 Å². The van der Waals surface area contributed by atoms with Crippen LogP contribution >= 0.6 is 11.6 Å². The molecule has 9 heteroatoms. The quantitative estimate of drug-likeness (QED) is 0.296. The number of aryl methyl sites for hydroxylation is 1. The van der Waals surface area contributed by atoms with Crippen molar-refractivity contribution in [1.82, 2.24) is 15.1 Å². The number of carbonyl (C=O) groups is 1. The van der Waals surface area contributed by atoms with Gasteiger partial charge in [0.2, 0.25) is 5.96 Å². The highest BCUT2D eigenvalue weighted by atomic mass is 35.5. The molecule has 1 aliphatic rings. The lowest BCUT2D eigenvalue weighted by Crippen LogP contribution is -2.60. The van der Waals surface area contributed by atoms with Gasteiger partial charge in [-0.25, -0.2) is 9.79 Å². The van der Waals surface area contributed by atoms with Crippen LogP contribution in [-0.2, 0) is 0 Å². The molecule has 2 amide bonds. The fourth-order valence-electron chi connectivity index (χ4n) is 3.77. The fraction of sp³-hybridized carbons (Fsp3) is 0.375. The number of nitrogens with one attached hydrogen (secondary N) is 2. The van der Waals surface area contributed by atoms with Gasteiger partial charge in [-0.15, -0.1) is 0 Å². The molecule has 1 heterocycles. The molecule has 33 heavy (non-hydrogen) atoms. The van der Waals surface area contributed by atoms with Gasteiger partial charge in [-0.2, -0.15) is 5.26 Å². The molecular weight excluding hydrogens is 440 g/mol. The van der Waals surface area contributed by atoms with Crippen molar-refractivity contribution in [2.75, 3.05) is 32.1 Å². The molecule has 174 valence electrons. The van der Waals surface area contributed by atoms with Gasteiger partial charge in [-0.05, 0) is 60.9 Å². The molecule has 2 N–H and O–H groups in total. The first-order valence-electron chi connectivity index (χ1n) is 10.8. The third-order valence-corrected chi connectivity index (χ3v) is 5.89. The van der Waals surface area contributed by atoms with E-state index in [4.69, 9.17) is 21.3 Å². The lowest BCUT2D eigenvalue weighted by molar-refractivity contribution is 0.118. The first kappa shape index (κ1) is 24.2. The lowest BCUT2D eigenvalue weighted by Gasteiger charge is -2.44. The number of guanidine groups is 1. The van der Waals surface area contributed by atoms with Crippen LogP contribution in [0.15, 0.2) is 47.5 Å². The summed E-state index contributed by atoms with van der Waals surface area (Å²) in [6, 6.07) is 12.5. The topological polar surface area (TPSA) is 93.0 Å². The van der Waals surface area contributed by atoms with Crippen molar-refractivity contribution in [3.63, 3.8) is 0 Å². The number of urea groups is 1. The number of anilines is 1. The Labute approximate surface area is 199 Å². The molecule has 0 spiro atoms. The van der Waals surface area contributed by atoms with Crippen molar-refractivity contribution in [2.45, 2.75) is 26.8 Å². The minimum absolute atomic E-state index is 0.0205. The summed E-state index contributed by atoms with van der Waals surface area (Å²) in [6.45, 7) is 7.69. The maximum absolute atomic E-state index is 12.9. The Morgan fingerprint density at radius 3 is 2.58 bits per heavy atom. The van der Waals surface area contributed by atoms with E-state index < -0.39 is 0 Å². The second-order valence-corrected chi connectivity index (χ2v) is 8.65. The summed E-state index contributed by atoms with van der Waals surface area (Å²) in [7, 11) is 1.62. The van der Waals surface area contributed by atoms with Gasteiger partial charge in [-0.3, -0.25) is 5.32 Å². The SMILES string of the molecule is COc1ccc(N=C(NC#N)N2CCN(C(=O)Nc3ccc(Cl)cc3)CC2C(C)C)c(C)c1. The van der Waals surface area contributed by atoms with Crippen LogP contribution < -0.4 is 15.4 Å². The van der Waals surface area contributed by atoms with E-state index in [0.717, 1.165) is 17.0 Å². The zero-order chi connectivity index (χ0) is 24.0. The number of hydrogen-bond donors (Lipinski definition) is 2. The number of amides is 2. The fourth-order valence-corrected chi connectivity index (χ4v) is 3.90. The monoisotopic (exact) mass is 468 g/mol. The van der Waals surface area contributed by atoms with Gasteiger partial charge in [0.15, 0.2) is 6.19 Å². The number of carbonyl (C=O) groups excluding carboxylic acids is 1. The second kappa shape index (κ2) is 10.9. The van der Waals surface area contributed by atoms with Crippen molar-refractivity contribution < 1.29 is 9.53 Å². The molecule has 2 aromatic carbocycles. The van der Waals surface area contributed by atoms with E-state index in [0.29, 0.717) is 36.3 Å². The standard InChI is InChI=1S/C24H29ClN6O2/c1-16(2)22-14-30(24(32)28-19-7-5-18(25)6-8-19)11-12-31(22)23(27-15-26)29-21-10-9-20(33-4)13-17(21)3/h5-10,13,16,22H,11-12,14H2,1-4H3,(H,27,29)(H,28,32). The Balaban J connectivity index is 1.80. The van der Waals surface area contributed by atoms with Crippen molar-refractivity contribution >= 4 is 35.0 Å². The van der Waals surface area contributed by atoms with Crippen LogP contribution in [0, 0.1) is 24.3 Å². The van der Waals surface area contributed by atoms with E-state index in [1.807, 2.05) is 31.3 Å². The summed E-state index contributed by atoms with van der Waals surface area (Å²) < 4.78 is 5.27. The van der Waals surface area contributed by atoms with Crippen LogP contribution in [0.4, 0.5) is 16.2 Å². The number of piperazine rings is 1. The number of methoxy groups -OCH3 is 1. The molecular formula is C24H29ClN6O2. The highest BCUT2D eigenvalue weighted by Crippen LogP contribution is 2.25. The van der Waals surface area contributed by atoms with Crippen LogP contribution in [0.2, 0.25) is 5.02 Å². The second-order valence-electron chi connectivity index (χ2n) is 8.21. The third-order valence-electron chi connectivity index (χ3n) is 5.64. The average molecular weight is 469 g/mol. The molecule has 0 aliphatic carbocycles. The third kappa shape index (κ3) is 6.08. The first-order valence-corrected chi connectivity index (χ1v) is 11.2. The summed E-state index contributed by atoms with van der Waals surface area (Å²) in [5, 5.41) is 15.7. The van der Waals surface area contributed by atoms with Gasteiger partial charge in [0.05, 0.1) is 18.8 Å². The van der Waals surface area contributed by atoms with Crippen LogP contribution in [-0.4, -0.2) is 54.6 Å². The summed E-state index contributed by atoms with van der Waals surface area (Å²) in [6.07, 6.45) is 2.01. The molecule has 1 aliphatic heterocycles. The highest BCUT2D eigenvalue weighted by molar-refractivity contribution is 6.30. The van der Waals surface area contributed by atoms with Gasteiger partial charge in [-0.1, -0.05) is 25.4 Å². The molecule has 3 rings (SSSR count). The van der Waals surface area contributed by atoms with Crippen molar-refractivity contribution in [3.05, 3.63) is 53.1 Å². The van der Waals surface area contributed by atoms with Crippen molar-refractivity contribution in [2.24, 2.45) is 10.9 Å². The highest BCUT2D eigenvalue weighted by Gasteiger charge is 2.33. The Morgan fingerprint density at radius 1 is 1.24 bits per heavy atom. The first-order chi connectivity index (χ1) is 15.8. The zero-order valence-electron chi connectivity index (χ0n) is 19.3. The number of benzene rings is 2. The van der Waals surface area contributed by atoms with Crippen LogP contribution in [0.25, 0.3) is 0 Å². The van der Waals surface area contributed by atoms with Crippen molar-refractivity contribution in [3.8, 4) is 11.9 Å². The summed E-state index contributed by atoms with van der Waals surface area (Å²) >= 11 is 5.93. The molecule has 1 unspecified atom stereocenters. The number of ether oxygens (including phenoxy) is 1. The van der Waals surface area contributed by atoms with E-state index in [9.17, 15) is 10.1 Å². The molecule has 0 saturated carbocycles.